The van der Waals surface area contributed by atoms with Crippen LogP contribution in [0.1, 0.15) is 92.4 Å². The molecule has 32 heteroatoms. The molecule has 0 aliphatic heterocycles. The van der Waals surface area contributed by atoms with Gasteiger partial charge in [-0.05, 0) is 123 Å². The highest BCUT2D eigenvalue weighted by Gasteiger charge is 2.30. The molecule has 32 nitrogen and oxygen atoms in total. The van der Waals surface area contributed by atoms with Crippen molar-refractivity contribution in [2.45, 2.75) is 76.0 Å². The highest BCUT2D eigenvalue weighted by Crippen LogP contribution is 2.29. The molecule has 9 amide bonds. The van der Waals surface area contributed by atoms with Gasteiger partial charge in [-0.3, -0.25) is 59.4 Å². The Kier molecular flexibility index (Phi) is 26.4. The maximum atomic E-state index is 14.4. The summed E-state index contributed by atoms with van der Waals surface area (Å²) in [6.07, 6.45) is 2.35. The second-order valence-corrected chi connectivity index (χ2v) is 21.3. The molecule has 0 spiro atoms. The van der Waals surface area contributed by atoms with Crippen LogP contribution >= 0.6 is 0 Å². The SMILES string of the molecule is COc1ccc(NC(=O)[C@H](CCCNC(=N)N)NC(=O)c2cc(NC(=O)[C@H](CCCNC(=N)N)NC(=O)c3cc(NC(=O)[C@H](CCCNC(=N)N)NC(=O)c4cc(NC(C)=O)ccc4OC)ccc3OC)ccc2OC)cc1C(=O)N[C@@H](Cc1c[nH]c2ccccc12)C(N)=O. The van der Waals surface area contributed by atoms with Crippen LogP contribution in [0.15, 0.2) is 103 Å². The van der Waals surface area contributed by atoms with E-state index >= 15 is 0 Å². The number of carbonyl (C=O) groups excluding carboxylic acids is 9. The molecule has 1 aromatic heterocycles. The van der Waals surface area contributed by atoms with Crippen molar-refractivity contribution in [3.05, 3.63) is 131 Å². The largest absolute Gasteiger partial charge is 0.496 e. The van der Waals surface area contributed by atoms with E-state index in [0.29, 0.717) is 0 Å². The molecule has 0 unspecified atom stereocenters. The minimum absolute atomic E-state index is 0.000304. The maximum Gasteiger partial charge on any atom is 0.255 e. The van der Waals surface area contributed by atoms with Gasteiger partial charge in [0.15, 0.2) is 17.9 Å². The lowest BCUT2D eigenvalue weighted by molar-refractivity contribution is -0.120. The lowest BCUT2D eigenvalue weighted by atomic mass is 10.0. The van der Waals surface area contributed by atoms with Gasteiger partial charge in [0, 0.05) is 72.8 Å². The van der Waals surface area contributed by atoms with E-state index in [1.54, 1.807) is 6.20 Å². The summed E-state index contributed by atoms with van der Waals surface area (Å²) in [5.74, 6) is -7.29. The third kappa shape index (κ3) is 21.2. The number of fused-ring (bicyclic) bond motifs is 1. The lowest BCUT2D eigenvalue weighted by Gasteiger charge is -2.22. The van der Waals surface area contributed by atoms with Crippen molar-refractivity contribution in [2.24, 2.45) is 22.9 Å². The summed E-state index contributed by atoms with van der Waals surface area (Å²) >= 11 is 0. The second kappa shape index (κ2) is 34.9. The minimum Gasteiger partial charge on any atom is -0.496 e. The van der Waals surface area contributed by atoms with Gasteiger partial charge in [-0.1, -0.05) is 18.2 Å². The summed E-state index contributed by atoms with van der Waals surface area (Å²) in [5, 5.41) is 53.2. The Bertz CT molecular complexity index is 3840. The third-order valence-electron chi connectivity index (χ3n) is 14.5. The topological polar surface area (TPSA) is 514 Å². The first-order chi connectivity index (χ1) is 45.4. The number of rotatable bonds is 34. The number of carbonyl (C=O) groups is 9. The van der Waals surface area contributed by atoms with Crippen molar-refractivity contribution in [2.75, 3.05) is 69.3 Å². The van der Waals surface area contributed by atoms with Crippen LogP contribution in [-0.2, 0) is 30.4 Å². The number of aromatic amines is 1. The molecule has 1 heterocycles. The average molecular weight is 1310 g/mol. The van der Waals surface area contributed by atoms with Crippen LogP contribution in [0.5, 0.6) is 23.0 Å². The smallest absolute Gasteiger partial charge is 0.255 e. The number of methoxy groups -OCH3 is 4. The number of hydrogen-bond acceptors (Lipinski definition) is 16. The number of H-pyrrole nitrogens is 1. The molecule has 0 fully saturated rings. The fraction of sp³-hybridized carbons (Fsp3) is 0.302. The Balaban J connectivity index is 1.21. The highest BCUT2D eigenvalue weighted by molar-refractivity contribution is 6.08. The molecule has 4 atom stereocenters. The number of guanidine groups is 3. The standard InChI is InChI=1S/C63H79N19O13/c1-33(83)75-35-16-20-49(92-2)40(28-35)54(85)79-45(13-8-24-71-61(65)66)58(89)76-36-17-21-50(93-3)41(29-36)55(86)80-46(14-9-25-72-62(67)68)59(90)77-37-18-22-51(94-4)42(30-37)56(87)81-47(15-10-26-73-63(69)70)60(91)78-38-19-23-52(95-5)43(31-38)57(88)82-48(53(64)84)27-34-32-74-44-12-7-6-11-39(34)44/h6-7,11-12,16-23,28-32,45-48,74H,8-10,13-15,24-27H2,1-5H3,(H2,64,84)(H,75,83)(H,76,89)(H,77,90)(H,78,91)(H,79,85)(H,80,86)(H,81,87)(H,82,88)(H4,65,66,71)(H4,67,68,72)(H4,69,70,73)/t45-,46-,47-,48-/m0/s1. The first kappa shape index (κ1) is 71.9. The highest BCUT2D eigenvalue weighted by atomic mass is 16.5. The Morgan fingerprint density at radius 1 is 0.442 bits per heavy atom. The molecule has 0 aliphatic rings. The summed E-state index contributed by atoms with van der Waals surface area (Å²) < 4.78 is 21.9. The van der Waals surface area contributed by atoms with Crippen LogP contribution < -0.4 is 100 Å². The van der Waals surface area contributed by atoms with E-state index in [0.717, 1.165) is 16.5 Å². The zero-order valence-corrected chi connectivity index (χ0v) is 52.8. The molecule has 0 bridgehead atoms. The summed E-state index contributed by atoms with van der Waals surface area (Å²) in [4.78, 5) is 127. The molecule has 0 aliphatic carbocycles. The number of anilines is 4. The van der Waals surface area contributed by atoms with Gasteiger partial charge in [0.05, 0.1) is 50.7 Å². The number of para-hydroxylation sites is 1. The summed E-state index contributed by atoms with van der Waals surface area (Å²) in [5.41, 5.74) is 24.0. The van der Waals surface area contributed by atoms with Crippen molar-refractivity contribution < 1.29 is 62.1 Å². The molecule has 5 aromatic carbocycles. The molecule has 6 rings (SSSR count). The van der Waals surface area contributed by atoms with Crippen LogP contribution in [0.3, 0.4) is 0 Å². The Morgan fingerprint density at radius 2 is 0.758 bits per heavy atom. The second-order valence-electron chi connectivity index (χ2n) is 21.3. The number of hydrogen-bond donors (Lipinski definition) is 19. The predicted octanol–water partition coefficient (Wildman–Crippen LogP) is 1.99. The quantitative estimate of drug-likeness (QED) is 0.0156. The van der Waals surface area contributed by atoms with E-state index in [4.69, 9.17) is 58.1 Å². The van der Waals surface area contributed by atoms with Gasteiger partial charge >= 0.3 is 0 Å². The molecule has 0 saturated carbocycles. The van der Waals surface area contributed by atoms with Gasteiger partial charge in [0.1, 0.15) is 47.2 Å². The molecular weight excluding hydrogens is 1230 g/mol. The number of amides is 9. The van der Waals surface area contributed by atoms with E-state index in [1.165, 1.54) is 108 Å². The number of primary amides is 1. The molecule has 0 radical (unpaired) electrons. The van der Waals surface area contributed by atoms with Gasteiger partial charge < -0.3 is 105 Å². The Morgan fingerprint density at radius 3 is 1.06 bits per heavy atom. The van der Waals surface area contributed by atoms with E-state index in [-0.39, 0.29) is 150 Å². The number of aromatic nitrogens is 1. The van der Waals surface area contributed by atoms with Crippen LogP contribution in [0.25, 0.3) is 10.9 Å². The zero-order valence-electron chi connectivity index (χ0n) is 52.8. The fourth-order valence-corrected chi connectivity index (χ4v) is 9.83. The molecule has 6 aromatic rings. The van der Waals surface area contributed by atoms with Gasteiger partial charge in [0.25, 0.3) is 23.6 Å². The lowest BCUT2D eigenvalue weighted by Crippen LogP contribution is -2.46. The minimum atomic E-state index is -1.33. The fourth-order valence-electron chi connectivity index (χ4n) is 9.83. The van der Waals surface area contributed by atoms with Crippen molar-refractivity contribution in [3.63, 3.8) is 0 Å². The van der Waals surface area contributed by atoms with Crippen molar-refractivity contribution in [3.8, 4) is 23.0 Å². The van der Waals surface area contributed by atoms with E-state index in [1.807, 2.05) is 24.3 Å². The van der Waals surface area contributed by atoms with E-state index < -0.39 is 77.3 Å². The Labute approximate surface area is 545 Å². The normalized spacial score (nSPS) is 11.9. The molecule has 504 valence electrons. The average Bonchev–Trinajstić information content (AvgIpc) is 1.87. The molecule has 23 N–H and O–H groups in total. The van der Waals surface area contributed by atoms with E-state index in [2.05, 4.69) is 63.5 Å². The summed E-state index contributed by atoms with van der Waals surface area (Å²) in [6, 6.07) is 19.2. The first-order valence-corrected chi connectivity index (χ1v) is 29.7. The van der Waals surface area contributed by atoms with Crippen LogP contribution in [0, 0.1) is 16.2 Å². The van der Waals surface area contributed by atoms with Gasteiger partial charge in [0.2, 0.25) is 29.5 Å². The number of ether oxygens (including phenoxy) is 4. The first-order valence-electron chi connectivity index (χ1n) is 29.7. The number of nitrogens with one attached hydrogen (secondary N) is 15. The Hall–Kier alpha value is -12.1. The van der Waals surface area contributed by atoms with Gasteiger partial charge in [-0.2, -0.15) is 0 Å². The zero-order chi connectivity index (χ0) is 69.3. The van der Waals surface area contributed by atoms with Gasteiger partial charge in [-0.25, -0.2) is 0 Å². The third-order valence-corrected chi connectivity index (χ3v) is 14.5. The van der Waals surface area contributed by atoms with E-state index in [9.17, 15) is 43.2 Å². The monoisotopic (exact) mass is 1310 g/mol. The summed E-state index contributed by atoms with van der Waals surface area (Å²) in [6.45, 7) is 1.71. The maximum absolute atomic E-state index is 14.4. The predicted molar refractivity (Wildman–Crippen MR) is 356 cm³/mol. The number of nitrogens with two attached hydrogens (primary N) is 4. The van der Waals surface area contributed by atoms with Crippen LogP contribution in [0.2, 0.25) is 0 Å². The summed E-state index contributed by atoms with van der Waals surface area (Å²) in [7, 11) is 5.27. The molecule has 0 saturated heterocycles. The van der Waals surface area contributed by atoms with Crippen molar-refractivity contribution in [1.29, 1.82) is 16.2 Å². The molecular formula is C63H79N19O13. The molecule has 95 heavy (non-hydrogen) atoms. The number of benzene rings is 5. The van der Waals surface area contributed by atoms with Crippen molar-refractivity contribution >= 4 is 105 Å². The van der Waals surface area contributed by atoms with Crippen LogP contribution in [-0.4, -0.2) is 148 Å². The van der Waals surface area contributed by atoms with Crippen LogP contribution in [0.4, 0.5) is 22.7 Å². The van der Waals surface area contributed by atoms with Crippen molar-refractivity contribution in [1.82, 2.24) is 42.2 Å². The van der Waals surface area contributed by atoms with Gasteiger partial charge in [-0.15, -0.1) is 0 Å².